The normalized spacial score (nSPS) is 21.9. The molecule has 1 saturated heterocycles. The maximum absolute atomic E-state index is 14.8. The van der Waals surface area contributed by atoms with Crippen LogP contribution in [-0.2, 0) is 15.0 Å². The maximum Gasteiger partial charge on any atom is 0.254 e. The molecule has 3 atom stereocenters. The van der Waals surface area contributed by atoms with Crippen LogP contribution >= 0.6 is 23.2 Å². The molecule has 0 aromatic heterocycles. The number of para-hydroxylation sites is 1. The molecule has 3 amide bonds. The van der Waals surface area contributed by atoms with Gasteiger partial charge in [0.05, 0.1) is 27.1 Å². The first-order chi connectivity index (χ1) is 16.5. The minimum Gasteiger partial charge on any atom is -0.340 e. The standard InChI is InChI=1S/C26H24Cl2FN3O3/c1-4-15-12-26(16-8-5-6-11-19(16)31-24(26)35)14-32(15)23(34)20(13-25(2,3)29)30-22(33)21-17(27)9-7-10-18(21)28/h1,5-11,15,20H,12-14H2,2-3H3,(H,30,33)(H,31,35)/t15-,20+,26+/m1/s1. The summed E-state index contributed by atoms with van der Waals surface area (Å²) in [6.07, 6.45) is 5.67. The van der Waals surface area contributed by atoms with Gasteiger partial charge < -0.3 is 15.5 Å². The average molecular weight is 516 g/mol. The molecule has 2 aliphatic heterocycles. The van der Waals surface area contributed by atoms with Gasteiger partial charge in [0.2, 0.25) is 11.8 Å². The zero-order valence-electron chi connectivity index (χ0n) is 19.2. The lowest BCUT2D eigenvalue weighted by molar-refractivity contribution is -0.134. The van der Waals surface area contributed by atoms with Crippen molar-refractivity contribution in [1.82, 2.24) is 10.2 Å². The van der Waals surface area contributed by atoms with Crippen molar-refractivity contribution in [2.45, 2.75) is 49.9 Å². The first-order valence-electron chi connectivity index (χ1n) is 11.1. The van der Waals surface area contributed by atoms with Gasteiger partial charge in [-0.25, -0.2) is 4.39 Å². The zero-order chi connectivity index (χ0) is 25.5. The van der Waals surface area contributed by atoms with Crippen LogP contribution in [0.25, 0.3) is 0 Å². The summed E-state index contributed by atoms with van der Waals surface area (Å²) in [5, 5.41) is 5.65. The monoisotopic (exact) mass is 515 g/mol. The lowest BCUT2D eigenvalue weighted by Crippen LogP contribution is -2.52. The molecule has 2 heterocycles. The van der Waals surface area contributed by atoms with Gasteiger partial charge in [0.1, 0.15) is 11.7 Å². The lowest BCUT2D eigenvalue weighted by Gasteiger charge is -2.30. The Morgan fingerprint density at radius 1 is 1.26 bits per heavy atom. The van der Waals surface area contributed by atoms with Crippen molar-refractivity contribution in [2.75, 3.05) is 11.9 Å². The highest BCUT2D eigenvalue weighted by Crippen LogP contribution is 2.46. The molecule has 0 radical (unpaired) electrons. The fourth-order valence-electron chi connectivity index (χ4n) is 4.85. The van der Waals surface area contributed by atoms with E-state index in [-0.39, 0.29) is 40.9 Å². The average Bonchev–Trinajstić information content (AvgIpc) is 3.30. The van der Waals surface area contributed by atoms with Gasteiger partial charge in [-0.2, -0.15) is 0 Å². The number of halogens is 3. The molecular formula is C26H24Cl2FN3O3. The Hall–Kier alpha value is -3.08. The highest BCUT2D eigenvalue weighted by molar-refractivity contribution is 6.39. The third kappa shape index (κ3) is 4.61. The van der Waals surface area contributed by atoms with Gasteiger partial charge in [-0.1, -0.05) is 53.4 Å². The number of amides is 3. The van der Waals surface area contributed by atoms with Crippen LogP contribution in [0, 0.1) is 12.3 Å². The van der Waals surface area contributed by atoms with Gasteiger partial charge in [0.15, 0.2) is 0 Å². The summed E-state index contributed by atoms with van der Waals surface area (Å²) < 4.78 is 14.8. The van der Waals surface area contributed by atoms with Crippen molar-refractivity contribution in [3.05, 3.63) is 63.6 Å². The number of terminal acetylenes is 1. The van der Waals surface area contributed by atoms with E-state index < -0.39 is 35.0 Å². The largest absolute Gasteiger partial charge is 0.340 e. The van der Waals surface area contributed by atoms with Crippen LogP contribution in [0.15, 0.2) is 42.5 Å². The smallest absolute Gasteiger partial charge is 0.254 e. The number of hydrogen-bond acceptors (Lipinski definition) is 3. The molecule has 2 aromatic rings. The van der Waals surface area contributed by atoms with Crippen molar-refractivity contribution in [1.29, 1.82) is 0 Å². The first-order valence-corrected chi connectivity index (χ1v) is 11.8. The number of anilines is 1. The highest BCUT2D eigenvalue weighted by Gasteiger charge is 2.56. The number of benzene rings is 2. The van der Waals surface area contributed by atoms with Gasteiger partial charge in [-0.3, -0.25) is 14.4 Å². The van der Waals surface area contributed by atoms with Gasteiger partial charge >= 0.3 is 0 Å². The number of likely N-dealkylation sites (tertiary alicyclic amines) is 1. The predicted octanol–water partition coefficient (Wildman–Crippen LogP) is 4.35. The van der Waals surface area contributed by atoms with E-state index >= 15 is 0 Å². The minimum atomic E-state index is -1.79. The van der Waals surface area contributed by atoms with E-state index in [1.807, 2.05) is 18.2 Å². The van der Waals surface area contributed by atoms with Crippen LogP contribution in [0.5, 0.6) is 0 Å². The molecule has 0 aliphatic carbocycles. The lowest BCUT2D eigenvalue weighted by atomic mass is 9.79. The fourth-order valence-corrected chi connectivity index (χ4v) is 5.42. The Labute approximate surface area is 213 Å². The number of alkyl halides is 1. The van der Waals surface area contributed by atoms with Gasteiger partial charge in [-0.05, 0) is 44.0 Å². The van der Waals surface area contributed by atoms with Gasteiger partial charge in [0.25, 0.3) is 5.91 Å². The Morgan fingerprint density at radius 3 is 2.54 bits per heavy atom. The van der Waals surface area contributed by atoms with Crippen molar-refractivity contribution < 1.29 is 18.8 Å². The Bertz CT molecular complexity index is 1230. The molecule has 2 aromatic carbocycles. The van der Waals surface area contributed by atoms with E-state index in [1.54, 1.807) is 12.1 Å². The van der Waals surface area contributed by atoms with Gasteiger partial charge in [0, 0.05) is 18.7 Å². The SMILES string of the molecule is C#C[C@@H]1C[C@@]2(CN1C(=O)[C@H](CC(C)(C)F)NC(=O)c1c(Cl)cccc1Cl)C(=O)Nc1ccccc12. The summed E-state index contributed by atoms with van der Waals surface area (Å²) in [6, 6.07) is 9.84. The molecule has 1 fully saturated rings. The van der Waals surface area contributed by atoms with E-state index in [0.717, 1.165) is 5.56 Å². The van der Waals surface area contributed by atoms with Crippen molar-refractivity contribution in [2.24, 2.45) is 0 Å². The van der Waals surface area contributed by atoms with Crippen LogP contribution in [-0.4, -0.2) is 46.9 Å². The Morgan fingerprint density at radius 2 is 1.91 bits per heavy atom. The Balaban J connectivity index is 1.66. The second-order valence-corrected chi connectivity index (χ2v) is 10.3. The van der Waals surface area contributed by atoms with Gasteiger partial charge in [-0.15, -0.1) is 6.42 Å². The molecular weight excluding hydrogens is 492 g/mol. The van der Waals surface area contributed by atoms with Crippen LogP contribution < -0.4 is 10.6 Å². The number of fused-ring (bicyclic) bond motifs is 2. The van der Waals surface area contributed by atoms with E-state index in [4.69, 9.17) is 29.6 Å². The predicted molar refractivity (Wildman–Crippen MR) is 133 cm³/mol. The van der Waals surface area contributed by atoms with Crippen LogP contribution in [0.4, 0.5) is 10.1 Å². The third-order valence-electron chi connectivity index (χ3n) is 6.44. The number of carbonyl (C=O) groups is 3. The van der Waals surface area contributed by atoms with Crippen molar-refractivity contribution >= 4 is 46.6 Å². The van der Waals surface area contributed by atoms with E-state index in [1.165, 1.54) is 30.9 Å². The van der Waals surface area contributed by atoms with E-state index in [0.29, 0.717) is 5.69 Å². The molecule has 9 heteroatoms. The summed E-state index contributed by atoms with van der Waals surface area (Å²) in [5.74, 6) is 1.06. The zero-order valence-corrected chi connectivity index (χ0v) is 20.7. The second-order valence-electron chi connectivity index (χ2n) is 9.48. The van der Waals surface area contributed by atoms with Crippen LogP contribution in [0.3, 0.4) is 0 Å². The molecule has 0 bridgehead atoms. The number of rotatable bonds is 5. The van der Waals surface area contributed by atoms with Crippen molar-refractivity contribution in [3.63, 3.8) is 0 Å². The van der Waals surface area contributed by atoms with E-state index in [9.17, 15) is 18.8 Å². The summed E-state index contributed by atoms with van der Waals surface area (Å²) in [6.45, 7) is 2.63. The minimum absolute atomic E-state index is 0.00941. The summed E-state index contributed by atoms with van der Waals surface area (Å²) in [5.41, 5.74) is -1.39. The molecule has 4 rings (SSSR count). The molecule has 2 N–H and O–H groups in total. The van der Waals surface area contributed by atoms with E-state index in [2.05, 4.69) is 16.6 Å². The first kappa shape index (κ1) is 25.0. The topological polar surface area (TPSA) is 78.5 Å². The molecule has 182 valence electrons. The quantitative estimate of drug-likeness (QED) is 0.580. The third-order valence-corrected chi connectivity index (χ3v) is 7.07. The molecule has 0 saturated carbocycles. The summed E-state index contributed by atoms with van der Waals surface area (Å²) in [7, 11) is 0. The van der Waals surface area contributed by atoms with Crippen LogP contribution in [0.1, 0.15) is 42.6 Å². The summed E-state index contributed by atoms with van der Waals surface area (Å²) >= 11 is 12.3. The Kier molecular flexibility index (Phi) is 6.56. The maximum atomic E-state index is 14.8. The molecule has 6 nitrogen and oxygen atoms in total. The van der Waals surface area contributed by atoms with Crippen LogP contribution in [0.2, 0.25) is 10.0 Å². The molecule has 35 heavy (non-hydrogen) atoms. The fraction of sp³-hybridized carbons (Fsp3) is 0.346. The number of hydrogen-bond donors (Lipinski definition) is 2. The molecule has 0 unspecified atom stereocenters. The number of nitrogens with one attached hydrogen (secondary N) is 2. The highest BCUT2D eigenvalue weighted by atomic mass is 35.5. The molecule has 2 aliphatic rings. The second kappa shape index (κ2) is 9.18. The number of nitrogens with zero attached hydrogens (tertiary/aromatic N) is 1. The van der Waals surface area contributed by atoms with Crippen molar-refractivity contribution in [3.8, 4) is 12.3 Å². The molecule has 1 spiro atoms. The number of carbonyl (C=O) groups excluding carboxylic acids is 3. The summed E-state index contributed by atoms with van der Waals surface area (Å²) in [4.78, 5) is 41.2.